The average Bonchev–Trinajstić information content (AvgIpc) is 2.62. The zero-order valence-corrected chi connectivity index (χ0v) is 16.7. The first kappa shape index (κ1) is 21.0. The molecule has 0 saturated heterocycles. The third kappa shape index (κ3) is 4.52. The number of carbonyl (C=O) groups is 1. The van der Waals surface area contributed by atoms with Gasteiger partial charge in [0.05, 0.1) is 18.8 Å². The number of allylic oxidation sites excluding steroid dienone is 1. The summed E-state index contributed by atoms with van der Waals surface area (Å²) in [6, 6.07) is 8.38. The lowest BCUT2D eigenvalue weighted by Gasteiger charge is -2.17. The van der Waals surface area contributed by atoms with Crippen LogP contribution in [0.4, 0.5) is 0 Å². The Bertz CT molecular complexity index is 929. The van der Waals surface area contributed by atoms with Crippen LogP contribution in [-0.4, -0.2) is 35.2 Å². The molecule has 0 aromatic heterocycles. The van der Waals surface area contributed by atoms with Crippen molar-refractivity contribution in [2.45, 2.75) is 33.8 Å². The Hall–Kier alpha value is -3.28. The predicted octanol–water partition coefficient (Wildman–Crippen LogP) is 4.47. The third-order valence-corrected chi connectivity index (χ3v) is 4.20. The molecule has 0 bridgehead atoms. The van der Waals surface area contributed by atoms with Crippen molar-refractivity contribution in [3.05, 3.63) is 64.2 Å². The van der Waals surface area contributed by atoms with E-state index in [0.717, 1.165) is 5.56 Å². The molecule has 2 aromatic carbocycles. The van der Waals surface area contributed by atoms with Crippen LogP contribution in [-0.2, 0) is 4.74 Å². The van der Waals surface area contributed by atoms with Gasteiger partial charge in [-0.3, -0.25) is 0 Å². The second-order valence-corrected chi connectivity index (χ2v) is 6.61. The van der Waals surface area contributed by atoms with Gasteiger partial charge < -0.3 is 19.8 Å². The van der Waals surface area contributed by atoms with E-state index in [1.54, 1.807) is 57.2 Å². The Morgan fingerprint density at radius 3 is 2.46 bits per heavy atom. The largest absolute Gasteiger partial charge is 0.507 e. The fraction of sp³-hybridized carbons (Fsp3) is 0.273. The number of phenolic OH excluding ortho intramolecular Hbond substituents is 1. The maximum atomic E-state index is 12.4. The highest BCUT2D eigenvalue weighted by Gasteiger charge is 2.20. The molecule has 0 unspecified atom stereocenters. The number of phenols is 1. The van der Waals surface area contributed by atoms with Gasteiger partial charge in [0.2, 0.25) is 0 Å². The molecule has 0 heterocycles. The van der Waals surface area contributed by atoms with Crippen LogP contribution in [0.3, 0.4) is 0 Å². The first-order chi connectivity index (χ1) is 13.3. The molecule has 6 nitrogen and oxygen atoms in total. The van der Waals surface area contributed by atoms with Gasteiger partial charge in [0.1, 0.15) is 17.2 Å². The third-order valence-electron chi connectivity index (χ3n) is 4.20. The minimum atomic E-state index is -0.398. The number of carbonyl (C=O) groups excluding carboxylic acids is 1. The highest BCUT2D eigenvalue weighted by Crippen LogP contribution is 2.31. The van der Waals surface area contributed by atoms with E-state index in [9.17, 15) is 15.1 Å². The minimum absolute atomic E-state index is 0.00561. The molecule has 0 spiro atoms. The van der Waals surface area contributed by atoms with Gasteiger partial charge in [-0.25, -0.2) is 4.79 Å². The van der Waals surface area contributed by atoms with Crippen molar-refractivity contribution in [1.29, 1.82) is 0 Å². The summed E-state index contributed by atoms with van der Waals surface area (Å²) >= 11 is 0. The maximum Gasteiger partial charge on any atom is 0.339 e. The van der Waals surface area contributed by atoms with E-state index in [2.05, 4.69) is 5.16 Å². The van der Waals surface area contributed by atoms with E-state index in [4.69, 9.17) is 9.47 Å². The van der Waals surface area contributed by atoms with E-state index < -0.39 is 5.97 Å². The van der Waals surface area contributed by atoms with Crippen LogP contribution in [0, 0.1) is 13.8 Å². The summed E-state index contributed by atoms with van der Waals surface area (Å²) in [6.07, 6.45) is 3.05. The van der Waals surface area contributed by atoms with E-state index in [0.29, 0.717) is 28.0 Å². The Labute approximate surface area is 164 Å². The fourth-order valence-electron chi connectivity index (χ4n) is 3.01. The summed E-state index contributed by atoms with van der Waals surface area (Å²) in [5.74, 6) is 0.129. The second kappa shape index (κ2) is 9.08. The number of methoxy groups -OCH3 is 1. The van der Waals surface area contributed by atoms with Gasteiger partial charge in [-0.1, -0.05) is 17.3 Å². The van der Waals surface area contributed by atoms with Crippen molar-refractivity contribution < 1.29 is 24.6 Å². The molecule has 0 aliphatic carbocycles. The van der Waals surface area contributed by atoms with Crippen LogP contribution in [0.5, 0.6) is 11.5 Å². The summed E-state index contributed by atoms with van der Waals surface area (Å²) in [6.45, 7) is 7.21. The molecule has 6 heteroatoms. The number of esters is 1. The highest BCUT2D eigenvalue weighted by molar-refractivity contribution is 6.12. The number of aryl methyl sites for hydroxylation is 1. The minimum Gasteiger partial charge on any atom is -0.507 e. The molecular formula is C22H25NO5. The van der Waals surface area contributed by atoms with E-state index in [-0.39, 0.29) is 17.6 Å². The number of rotatable bonds is 6. The lowest BCUT2D eigenvalue weighted by molar-refractivity contribution is 0.0375. The maximum absolute atomic E-state index is 12.4. The molecule has 0 aliphatic heterocycles. The van der Waals surface area contributed by atoms with Gasteiger partial charge in [-0.15, -0.1) is 0 Å². The van der Waals surface area contributed by atoms with Crippen molar-refractivity contribution in [1.82, 2.24) is 0 Å². The van der Waals surface area contributed by atoms with Gasteiger partial charge >= 0.3 is 5.97 Å². The second-order valence-electron chi connectivity index (χ2n) is 6.61. The van der Waals surface area contributed by atoms with Gasteiger partial charge in [-0.2, -0.15) is 0 Å². The van der Waals surface area contributed by atoms with Crippen molar-refractivity contribution in [3.8, 4) is 11.5 Å². The molecule has 2 rings (SSSR count). The van der Waals surface area contributed by atoms with E-state index in [1.165, 1.54) is 13.2 Å². The molecular weight excluding hydrogens is 358 g/mol. The smallest absolute Gasteiger partial charge is 0.339 e. The molecule has 0 aliphatic rings. The number of nitrogens with zero attached hydrogens (tertiary/aromatic N) is 1. The van der Waals surface area contributed by atoms with Crippen LogP contribution in [0.15, 0.2) is 41.6 Å². The molecule has 0 fully saturated rings. The fourth-order valence-corrected chi connectivity index (χ4v) is 3.01. The lowest BCUT2D eigenvalue weighted by atomic mass is 9.97. The Balaban J connectivity index is 2.47. The van der Waals surface area contributed by atoms with Gasteiger partial charge in [0, 0.05) is 16.7 Å². The molecule has 28 heavy (non-hydrogen) atoms. The normalized spacial score (nSPS) is 11.9. The first-order valence-corrected chi connectivity index (χ1v) is 8.87. The zero-order valence-electron chi connectivity index (χ0n) is 16.7. The van der Waals surface area contributed by atoms with E-state index >= 15 is 0 Å². The van der Waals surface area contributed by atoms with Crippen molar-refractivity contribution >= 4 is 17.8 Å². The van der Waals surface area contributed by atoms with Crippen LogP contribution in [0.25, 0.3) is 6.08 Å². The van der Waals surface area contributed by atoms with Crippen LogP contribution < -0.4 is 4.74 Å². The summed E-state index contributed by atoms with van der Waals surface area (Å²) < 4.78 is 10.8. The molecule has 0 amide bonds. The summed E-state index contributed by atoms with van der Waals surface area (Å²) in [5.41, 5.74) is 3.17. The Kier molecular flexibility index (Phi) is 6.82. The van der Waals surface area contributed by atoms with Crippen molar-refractivity contribution in [2.75, 3.05) is 7.11 Å². The van der Waals surface area contributed by atoms with Gasteiger partial charge in [-0.05, 0) is 63.6 Å². The molecule has 0 radical (unpaired) electrons. The van der Waals surface area contributed by atoms with Crippen LogP contribution in [0.1, 0.15) is 46.5 Å². The number of aromatic hydroxyl groups is 1. The number of hydrogen-bond donors (Lipinski definition) is 2. The quantitative estimate of drug-likeness (QED) is 0.332. The van der Waals surface area contributed by atoms with Gasteiger partial charge in [0.15, 0.2) is 0 Å². The number of benzene rings is 2. The molecule has 0 saturated carbocycles. The number of hydrogen-bond acceptors (Lipinski definition) is 6. The molecule has 148 valence electrons. The number of oxime groups is 1. The Morgan fingerprint density at radius 2 is 1.89 bits per heavy atom. The number of ether oxygens (including phenoxy) is 2. The predicted molar refractivity (Wildman–Crippen MR) is 108 cm³/mol. The summed E-state index contributed by atoms with van der Waals surface area (Å²) in [4.78, 5) is 12.4. The first-order valence-electron chi connectivity index (χ1n) is 8.87. The molecule has 2 N–H and O–H groups in total. The van der Waals surface area contributed by atoms with Crippen molar-refractivity contribution in [2.24, 2.45) is 5.16 Å². The molecule has 0 atom stereocenters. The van der Waals surface area contributed by atoms with Crippen LogP contribution >= 0.6 is 0 Å². The monoisotopic (exact) mass is 383 g/mol. The highest BCUT2D eigenvalue weighted by atomic mass is 16.5. The van der Waals surface area contributed by atoms with E-state index in [1.807, 2.05) is 6.92 Å². The zero-order chi connectivity index (χ0) is 20.8. The van der Waals surface area contributed by atoms with Gasteiger partial charge in [0.25, 0.3) is 0 Å². The summed E-state index contributed by atoms with van der Waals surface area (Å²) in [7, 11) is 1.52. The average molecular weight is 383 g/mol. The van der Waals surface area contributed by atoms with Crippen molar-refractivity contribution in [3.63, 3.8) is 0 Å². The standard InChI is InChI=1S/C22H25NO5/c1-13(2)28-22(25)20-14(3)12-16(21(27-5)15(20)4)10-11-18(23-26)17-8-6-7-9-19(17)24/h6-13,24,26H,1-5H3. The number of para-hydroxylation sites is 1. The lowest BCUT2D eigenvalue weighted by Crippen LogP contribution is -2.15. The Morgan fingerprint density at radius 1 is 1.21 bits per heavy atom. The topological polar surface area (TPSA) is 88.4 Å². The molecule has 2 aromatic rings. The summed E-state index contributed by atoms with van der Waals surface area (Å²) in [5, 5.41) is 22.6. The van der Waals surface area contributed by atoms with Crippen LogP contribution in [0.2, 0.25) is 0 Å². The SMILES string of the molecule is COc1c(C=CC(=NO)c2ccccc2O)cc(C)c(C(=O)OC(C)C)c1C.